The second-order valence-electron chi connectivity index (χ2n) is 2.98. The number of benzene rings is 1. The normalized spacial score (nSPS) is 10.8. The maximum absolute atomic E-state index is 13.3. The van der Waals surface area contributed by atoms with Gasteiger partial charge in [-0.1, -0.05) is 29.8 Å². The van der Waals surface area contributed by atoms with Crippen LogP contribution in [-0.2, 0) is 10.7 Å². The van der Waals surface area contributed by atoms with Gasteiger partial charge in [-0.25, -0.2) is 4.79 Å². The standard InChI is InChI=1S/C10H9F2NO/c1-8-3-2-4-9(5-8)10(11,12)6-13-7-14/h2-5H,6H2,1H3. The molecule has 0 saturated carbocycles. The smallest absolute Gasteiger partial charge is 0.211 e. The van der Waals surface area contributed by atoms with Crippen LogP contribution in [0, 0.1) is 6.92 Å². The van der Waals surface area contributed by atoms with Gasteiger partial charge in [-0.3, -0.25) is 0 Å². The molecule has 0 amide bonds. The van der Waals surface area contributed by atoms with Crippen LogP contribution in [0.15, 0.2) is 29.3 Å². The molecule has 0 N–H and O–H groups in total. The van der Waals surface area contributed by atoms with Crippen molar-refractivity contribution in [2.45, 2.75) is 12.8 Å². The Bertz CT molecular complexity index is 370. The van der Waals surface area contributed by atoms with Crippen LogP contribution in [0.3, 0.4) is 0 Å². The Kier molecular flexibility index (Phi) is 3.10. The van der Waals surface area contributed by atoms with Gasteiger partial charge in [0.15, 0.2) is 0 Å². The summed E-state index contributed by atoms with van der Waals surface area (Å²) in [7, 11) is 0. The van der Waals surface area contributed by atoms with Crippen molar-refractivity contribution in [1.82, 2.24) is 0 Å². The number of hydrogen-bond donors (Lipinski definition) is 0. The molecule has 0 atom stereocenters. The number of halogens is 2. The second kappa shape index (κ2) is 4.11. The van der Waals surface area contributed by atoms with E-state index in [1.54, 1.807) is 19.1 Å². The topological polar surface area (TPSA) is 29.4 Å². The molecule has 0 unspecified atom stereocenters. The minimum Gasteiger partial charge on any atom is -0.211 e. The number of nitrogens with zero attached hydrogens (tertiary/aromatic N) is 1. The van der Waals surface area contributed by atoms with E-state index in [4.69, 9.17) is 0 Å². The number of hydrogen-bond acceptors (Lipinski definition) is 2. The Morgan fingerprint density at radius 1 is 1.50 bits per heavy atom. The molecular formula is C10H9F2NO. The monoisotopic (exact) mass is 197 g/mol. The number of rotatable bonds is 3. The van der Waals surface area contributed by atoms with Crippen molar-refractivity contribution in [3.8, 4) is 0 Å². The molecule has 0 bridgehead atoms. The van der Waals surface area contributed by atoms with E-state index in [1.165, 1.54) is 12.1 Å². The minimum absolute atomic E-state index is 0.128. The van der Waals surface area contributed by atoms with E-state index < -0.39 is 12.5 Å². The first-order valence-electron chi connectivity index (χ1n) is 4.05. The molecule has 0 aliphatic heterocycles. The number of alkyl halides is 2. The van der Waals surface area contributed by atoms with Crippen LogP contribution in [0.1, 0.15) is 11.1 Å². The molecule has 4 heteroatoms. The van der Waals surface area contributed by atoms with E-state index in [0.717, 1.165) is 11.6 Å². The fraction of sp³-hybridized carbons (Fsp3) is 0.300. The summed E-state index contributed by atoms with van der Waals surface area (Å²) in [5.41, 5.74) is 0.619. The predicted molar refractivity (Wildman–Crippen MR) is 48.1 cm³/mol. The van der Waals surface area contributed by atoms with Crippen molar-refractivity contribution in [2.75, 3.05) is 6.54 Å². The van der Waals surface area contributed by atoms with Crippen LogP contribution in [0.25, 0.3) is 0 Å². The maximum atomic E-state index is 13.3. The van der Waals surface area contributed by atoms with Crippen LogP contribution in [0.5, 0.6) is 0 Å². The van der Waals surface area contributed by atoms with Crippen LogP contribution >= 0.6 is 0 Å². The highest BCUT2D eigenvalue weighted by Crippen LogP contribution is 2.28. The van der Waals surface area contributed by atoms with Crippen LogP contribution < -0.4 is 0 Å². The maximum Gasteiger partial charge on any atom is 0.293 e. The molecule has 0 fully saturated rings. The first-order valence-corrected chi connectivity index (χ1v) is 4.05. The zero-order valence-electron chi connectivity index (χ0n) is 7.63. The lowest BCUT2D eigenvalue weighted by Crippen LogP contribution is -2.17. The van der Waals surface area contributed by atoms with Crippen molar-refractivity contribution in [1.29, 1.82) is 0 Å². The summed E-state index contributed by atoms with van der Waals surface area (Å²) in [5, 5.41) is 0. The molecule has 2 nitrogen and oxygen atoms in total. The van der Waals surface area contributed by atoms with E-state index >= 15 is 0 Å². The largest absolute Gasteiger partial charge is 0.293 e. The average molecular weight is 197 g/mol. The summed E-state index contributed by atoms with van der Waals surface area (Å²) in [4.78, 5) is 12.6. The SMILES string of the molecule is Cc1cccc(C(F)(F)CN=C=O)c1. The molecule has 74 valence electrons. The number of carbonyl (C=O) groups excluding carboxylic acids is 1. The third-order valence-electron chi connectivity index (χ3n) is 1.78. The fourth-order valence-corrected chi connectivity index (χ4v) is 1.10. The molecule has 1 aromatic carbocycles. The van der Waals surface area contributed by atoms with E-state index in [9.17, 15) is 13.6 Å². The molecule has 0 saturated heterocycles. The molecule has 0 aliphatic rings. The minimum atomic E-state index is -3.09. The van der Waals surface area contributed by atoms with Gasteiger partial charge in [-0.2, -0.15) is 13.8 Å². The molecule has 14 heavy (non-hydrogen) atoms. The Morgan fingerprint density at radius 2 is 2.21 bits per heavy atom. The van der Waals surface area contributed by atoms with Gasteiger partial charge in [0.25, 0.3) is 5.92 Å². The number of isocyanates is 1. The quantitative estimate of drug-likeness (QED) is 0.540. The van der Waals surface area contributed by atoms with Crippen LogP contribution in [0.2, 0.25) is 0 Å². The van der Waals surface area contributed by atoms with Crippen molar-refractivity contribution in [3.63, 3.8) is 0 Å². The molecule has 0 aromatic heterocycles. The van der Waals surface area contributed by atoms with Crippen molar-refractivity contribution < 1.29 is 13.6 Å². The summed E-state index contributed by atoms with van der Waals surface area (Å²) in [6.45, 7) is 0.878. The number of aryl methyl sites for hydroxylation is 1. The van der Waals surface area contributed by atoms with Gasteiger partial charge in [-0.15, -0.1) is 0 Å². The van der Waals surface area contributed by atoms with Crippen molar-refractivity contribution in [3.05, 3.63) is 35.4 Å². The van der Waals surface area contributed by atoms with Crippen molar-refractivity contribution in [2.24, 2.45) is 4.99 Å². The lowest BCUT2D eigenvalue weighted by atomic mass is 10.1. The van der Waals surface area contributed by atoms with E-state index in [0.29, 0.717) is 0 Å². The number of aliphatic imine (C=N–C) groups is 1. The lowest BCUT2D eigenvalue weighted by molar-refractivity contribution is 0.00649. The third kappa shape index (κ3) is 2.47. The molecule has 0 radical (unpaired) electrons. The summed E-state index contributed by atoms with van der Waals surface area (Å²) in [6, 6.07) is 5.96. The Balaban J connectivity index is 2.96. The molecular weight excluding hydrogens is 188 g/mol. The summed E-state index contributed by atoms with van der Waals surface area (Å²) >= 11 is 0. The highest BCUT2D eigenvalue weighted by molar-refractivity contribution is 5.34. The van der Waals surface area contributed by atoms with Gasteiger partial charge >= 0.3 is 0 Å². The summed E-state index contributed by atoms with van der Waals surface area (Å²) in [5.74, 6) is -3.09. The average Bonchev–Trinajstić information content (AvgIpc) is 2.15. The van der Waals surface area contributed by atoms with Gasteiger partial charge in [-0.05, 0) is 6.92 Å². The van der Waals surface area contributed by atoms with Gasteiger partial charge in [0, 0.05) is 5.56 Å². The van der Waals surface area contributed by atoms with Gasteiger partial charge < -0.3 is 0 Å². The highest BCUT2D eigenvalue weighted by atomic mass is 19.3. The second-order valence-corrected chi connectivity index (χ2v) is 2.98. The molecule has 0 heterocycles. The summed E-state index contributed by atoms with van der Waals surface area (Å²) < 4.78 is 26.5. The molecule has 1 rings (SSSR count). The van der Waals surface area contributed by atoms with E-state index in [-0.39, 0.29) is 5.56 Å². The zero-order valence-corrected chi connectivity index (χ0v) is 7.63. The predicted octanol–water partition coefficient (Wildman–Crippen LogP) is 2.42. The molecule has 0 aliphatic carbocycles. The van der Waals surface area contributed by atoms with Crippen molar-refractivity contribution >= 4 is 6.08 Å². The molecule has 1 aromatic rings. The zero-order chi connectivity index (χ0) is 10.6. The van der Waals surface area contributed by atoms with Gasteiger partial charge in [0.1, 0.15) is 6.54 Å². The van der Waals surface area contributed by atoms with E-state index in [2.05, 4.69) is 4.99 Å². The fourth-order valence-electron chi connectivity index (χ4n) is 1.10. The van der Waals surface area contributed by atoms with Crippen LogP contribution in [-0.4, -0.2) is 12.6 Å². The first kappa shape index (κ1) is 10.5. The van der Waals surface area contributed by atoms with E-state index in [1.807, 2.05) is 0 Å². The van der Waals surface area contributed by atoms with Gasteiger partial charge in [0.05, 0.1) is 0 Å². The summed E-state index contributed by atoms with van der Waals surface area (Å²) in [6.07, 6.45) is 1.10. The van der Waals surface area contributed by atoms with Crippen LogP contribution in [0.4, 0.5) is 8.78 Å². The third-order valence-corrected chi connectivity index (χ3v) is 1.78. The Hall–Kier alpha value is -1.54. The Labute approximate surface area is 80.3 Å². The molecule has 0 spiro atoms. The first-order chi connectivity index (χ1) is 6.56. The van der Waals surface area contributed by atoms with Gasteiger partial charge in [0.2, 0.25) is 6.08 Å². The lowest BCUT2D eigenvalue weighted by Gasteiger charge is -2.13. The Morgan fingerprint density at radius 3 is 2.79 bits per heavy atom. The highest BCUT2D eigenvalue weighted by Gasteiger charge is 2.31.